The first-order valence-corrected chi connectivity index (χ1v) is 9.57. The van der Waals surface area contributed by atoms with Crippen LogP contribution in [0.25, 0.3) is 17.4 Å². The summed E-state index contributed by atoms with van der Waals surface area (Å²) in [6.45, 7) is 1.76. The van der Waals surface area contributed by atoms with E-state index in [1.165, 1.54) is 30.3 Å². The fourth-order valence-corrected chi connectivity index (χ4v) is 3.85. The molecule has 9 heteroatoms. The number of thioether (sulfide) groups is 1. The second kappa shape index (κ2) is 7.53. The van der Waals surface area contributed by atoms with E-state index in [2.05, 4.69) is 0 Å². The number of rotatable bonds is 4. The van der Waals surface area contributed by atoms with Gasteiger partial charge in [-0.15, -0.1) is 0 Å². The molecule has 0 unspecified atom stereocenters. The zero-order chi connectivity index (χ0) is 21.4. The van der Waals surface area contributed by atoms with Gasteiger partial charge in [0.15, 0.2) is 0 Å². The molecule has 1 N–H and O–H groups in total. The number of hydrogen-bond acceptors (Lipinski definition) is 7. The molecule has 1 saturated heterocycles. The Bertz CT molecular complexity index is 1230. The summed E-state index contributed by atoms with van der Waals surface area (Å²) < 4.78 is 5.69. The number of hydrogen-bond donors (Lipinski definition) is 1. The number of nitro groups is 1. The molecule has 1 fully saturated rings. The molecule has 0 aliphatic carbocycles. The molecular weight excluding hydrogens is 408 g/mol. The van der Waals surface area contributed by atoms with Crippen LogP contribution in [0.5, 0.6) is 5.75 Å². The molecule has 0 spiro atoms. The molecule has 0 saturated carbocycles. The number of anilines is 1. The number of imide groups is 1. The Hall–Kier alpha value is -3.85. The Morgan fingerprint density at radius 2 is 1.93 bits per heavy atom. The molecule has 8 nitrogen and oxygen atoms in total. The molecule has 4 rings (SSSR count). The van der Waals surface area contributed by atoms with E-state index < -0.39 is 16.1 Å². The van der Waals surface area contributed by atoms with Crippen LogP contribution in [0.3, 0.4) is 0 Å². The number of nitrogens with zero attached hydrogens (tertiary/aromatic N) is 2. The van der Waals surface area contributed by atoms with Gasteiger partial charge in [0.05, 0.1) is 21.1 Å². The average molecular weight is 422 g/mol. The van der Waals surface area contributed by atoms with Crippen LogP contribution < -0.4 is 4.90 Å². The minimum Gasteiger partial charge on any atom is -0.508 e. The lowest BCUT2D eigenvalue weighted by atomic mass is 10.1. The molecule has 3 aromatic rings. The number of nitro benzene ring substituents is 1. The van der Waals surface area contributed by atoms with Crippen molar-refractivity contribution >= 4 is 40.4 Å². The Morgan fingerprint density at radius 3 is 2.67 bits per heavy atom. The van der Waals surface area contributed by atoms with Gasteiger partial charge in [-0.1, -0.05) is 12.1 Å². The molecule has 1 aliphatic heterocycles. The largest absolute Gasteiger partial charge is 0.508 e. The van der Waals surface area contributed by atoms with Gasteiger partial charge in [0.25, 0.3) is 16.8 Å². The van der Waals surface area contributed by atoms with Crippen molar-refractivity contribution in [1.29, 1.82) is 0 Å². The van der Waals surface area contributed by atoms with Crippen molar-refractivity contribution in [2.75, 3.05) is 4.90 Å². The van der Waals surface area contributed by atoms with Crippen molar-refractivity contribution in [3.05, 3.63) is 80.9 Å². The van der Waals surface area contributed by atoms with Gasteiger partial charge in [-0.2, -0.15) is 0 Å². The number of aryl methyl sites for hydroxylation is 1. The highest BCUT2D eigenvalue weighted by Crippen LogP contribution is 2.38. The maximum absolute atomic E-state index is 12.7. The molecule has 0 radical (unpaired) electrons. The number of phenolic OH excluding ortho intramolecular Hbond substituents is 1. The molecule has 0 atom stereocenters. The fraction of sp³-hybridized carbons (Fsp3) is 0.0476. The van der Waals surface area contributed by atoms with Crippen LogP contribution in [0.4, 0.5) is 16.2 Å². The fourth-order valence-electron chi connectivity index (χ4n) is 3.03. The molecule has 2 heterocycles. The number of furan rings is 1. The van der Waals surface area contributed by atoms with Crippen LogP contribution in [0.1, 0.15) is 11.3 Å². The molecule has 2 amide bonds. The van der Waals surface area contributed by atoms with Crippen molar-refractivity contribution in [1.82, 2.24) is 0 Å². The van der Waals surface area contributed by atoms with E-state index in [1.54, 1.807) is 37.3 Å². The van der Waals surface area contributed by atoms with Gasteiger partial charge in [0.1, 0.15) is 17.3 Å². The first-order valence-electron chi connectivity index (χ1n) is 8.76. The first-order chi connectivity index (χ1) is 14.3. The smallest absolute Gasteiger partial charge is 0.298 e. The summed E-state index contributed by atoms with van der Waals surface area (Å²) in [5.74, 6) is -0.0535. The van der Waals surface area contributed by atoms with Gasteiger partial charge in [-0.25, -0.2) is 4.90 Å². The lowest BCUT2D eigenvalue weighted by molar-refractivity contribution is -0.384. The molecule has 30 heavy (non-hydrogen) atoms. The van der Waals surface area contributed by atoms with E-state index in [0.717, 1.165) is 22.2 Å². The average Bonchev–Trinajstić information content (AvgIpc) is 3.26. The molecule has 1 aromatic heterocycles. The number of benzene rings is 2. The summed E-state index contributed by atoms with van der Waals surface area (Å²) in [6, 6.07) is 13.8. The van der Waals surface area contributed by atoms with Crippen LogP contribution in [0, 0.1) is 17.0 Å². The summed E-state index contributed by atoms with van der Waals surface area (Å²) in [6.07, 6.45) is 1.41. The van der Waals surface area contributed by atoms with Gasteiger partial charge < -0.3 is 9.52 Å². The van der Waals surface area contributed by atoms with Crippen LogP contribution in [0.15, 0.2) is 63.9 Å². The van der Waals surface area contributed by atoms with Crippen LogP contribution >= 0.6 is 11.8 Å². The quantitative estimate of drug-likeness (QED) is 0.353. The highest BCUT2D eigenvalue weighted by molar-refractivity contribution is 8.19. The number of carbonyl (C=O) groups excluding carboxylic acids is 2. The predicted octanol–water partition coefficient (Wildman–Crippen LogP) is 5.11. The lowest BCUT2D eigenvalue weighted by Gasteiger charge is -2.12. The topological polar surface area (TPSA) is 114 Å². The Morgan fingerprint density at radius 1 is 1.13 bits per heavy atom. The third-order valence-corrected chi connectivity index (χ3v) is 5.27. The maximum atomic E-state index is 12.7. The first kappa shape index (κ1) is 19.5. The van der Waals surface area contributed by atoms with E-state index in [-0.39, 0.29) is 33.5 Å². The van der Waals surface area contributed by atoms with Crippen molar-refractivity contribution in [3.63, 3.8) is 0 Å². The molecule has 150 valence electrons. The summed E-state index contributed by atoms with van der Waals surface area (Å²) in [4.78, 5) is 37.0. The highest BCUT2D eigenvalue weighted by Gasteiger charge is 2.36. The number of aromatic hydroxyl groups is 1. The summed E-state index contributed by atoms with van der Waals surface area (Å²) in [5, 5.41) is 20.5. The van der Waals surface area contributed by atoms with Gasteiger partial charge in [-0.3, -0.25) is 19.7 Å². The van der Waals surface area contributed by atoms with E-state index in [1.807, 2.05) is 0 Å². The Kier molecular flexibility index (Phi) is 4.88. The normalized spacial score (nSPS) is 15.2. The summed E-state index contributed by atoms with van der Waals surface area (Å²) >= 11 is 0.741. The van der Waals surface area contributed by atoms with Crippen molar-refractivity contribution in [2.24, 2.45) is 0 Å². The van der Waals surface area contributed by atoms with Crippen LogP contribution in [0.2, 0.25) is 0 Å². The SMILES string of the molecule is Cc1ccc(-c2ccc(/C=C3\SC(=O)N(c4cccc(O)c4)C3=O)o2)c([N+](=O)[O-])c1. The van der Waals surface area contributed by atoms with Gasteiger partial charge in [-0.05, 0) is 54.6 Å². The van der Waals surface area contributed by atoms with Gasteiger partial charge in [0.2, 0.25) is 0 Å². The van der Waals surface area contributed by atoms with Gasteiger partial charge >= 0.3 is 0 Å². The minimum absolute atomic E-state index is 0.0640. The monoisotopic (exact) mass is 422 g/mol. The molecular formula is C21H14N2O6S. The van der Waals surface area contributed by atoms with E-state index in [4.69, 9.17) is 4.42 Å². The van der Waals surface area contributed by atoms with Gasteiger partial charge in [0, 0.05) is 18.2 Å². The number of phenols is 1. The van der Waals surface area contributed by atoms with Crippen LogP contribution in [-0.4, -0.2) is 21.2 Å². The molecule has 0 bridgehead atoms. The Labute approximate surface area is 174 Å². The number of amides is 2. The maximum Gasteiger partial charge on any atom is 0.298 e. The standard InChI is InChI=1S/C21H14N2O6S/c1-12-5-7-16(17(9-12)23(27)28)18-8-6-15(29-18)11-19-20(25)22(21(26)30-19)13-3-2-4-14(24)10-13/h2-11,24H,1H3/b19-11-. The predicted molar refractivity (Wildman–Crippen MR) is 112 cm³/mol. The molecule has 1 aliphatic rings. The van der Waals surface area contributed by atoms with Crippen molar-refractivity contribution < 1.29 is 24.0 Å². The third-order valence-electron chi connectivity index (χ3n) is 4.40. The Balaban J connectivity index is 1.65. The zero-order valence-corrected chi connectivity index (χ0v) is 16.4. The summed E-state index contributed by atoms with van der Waals surface area (Å²) in [7, 11) is 0. The van der Waals surface area contributed by atoms with E-state index in [0.29, 0.717) is 5.56 Å². The second-order valence-electron chi connectivity index (χ2n) is 6.52. The molecule has 2 aromatic carbocycles. The number of carbonyl (C=O) groups is 2. The van der Waals surface area contributed by atoms with E-state index in [9.17, 15) is 24.8 Å². The zero-order valence-electron chi connectivity index (χ0n) is 15.6. The van der Waals surface area contributed by atoms with E-state index >= 15 is 0 Å². The van der Waals surface area contributed by atoms with Crippen LogP contribution in [-0.2, 0) is 4.79 Å². The second-order valence-corrected chi connectivity index (χ2v) is 7.51. The highest BCUT2D eigenvalue weighted by atomic mass is 32.2. The van der Waals surface area contributed by atoms with Crippen molar-refractivity contribution in [3.8, 4) is 17.1 Å². The van der Waals surface area contributed by atoms with Crippen molar-refractivity contribution in [2.45, 2.75) is 6.92 Å². The summed E-state index contributed by atoms with van der Waals surface area (Å²) in [5.41, 5.74) is 1.24. The minimum atomic E-state index is -0.546. The third kappa shape index (κ3) is 3.58. The lowest BCUT2D eigenvalue weighted by Crippen LogP contribution is -2.27.